The normalized spacial score (nSPS) is 15.5. The second-order valence-electron chi connectivity index (χ2n) is 9.07. The van der Waals surface area contributed by atoms with Gasteiger partial charge >= 0.3 is 0 Å². The Hall–Kier alpha value is -2.88. The van der Waals surface area contributed by atoms with Gasteiger partial charge in [-0.2, -0.15) is 4.31 Å². The Morgan fingerprint density at radius 2 is 1.82 bits per heavy atom. The molecule has 0 saturated carbocycles. The summed E-state index contributed by atoms with van der Waals surface area (Å²) in [6, 6.07) is 12.5. The number of ether oxygens (including phenoxy) is 2. The number of aromatic nitrogens is 1. The van der Waals surface area contributed by atoms with Crippen LogP contribution in [-0.4, -0.2) is 57.0 Å². The molecular formula is C24H29N3O5S. The molecule has 2 N–H and O–H groups in total. The highest BCUT2D eigenvalue weighted by Crippen LogP contribution is 2.31. The van der Waals surface area contributed by atoms with Crippen LogP contribution in [-0.2, 0) is 20.2 Å². The molecule has 0 unspecified atom stereocenters. The minimum Gasteiger partial charge on any atom is -0.495 e. The highest BCUT2D eigenvalue weighted by Gasteiger charge is 2.29. The number of sulfonamides is 1. The molecule has 1 saturated heterocycles. The molecule has 4 rings (SSSR count). The molecule has 1 aliphatic heterocycles. The highest BCUT2D eigenvalue weighted by atomic mass is 32.2. The van der Waals surface area contributed by atoms with Crippen molar-refractivity contribution < 1.29 is 22.7 Å². The van der Waals surface area contributed by atoms with Crippen LogP contribution in [0.5, 0.6) is 5.75 Å². The number of carbonyl (C=O) groups excluding carboxylic acids is 1. The summed E-state index contributed by atoms with van der Waals surface area (Å²) in [5.41, 5.74) is 2.79. The molecule has 8 nitrogen and oxygen atoms in total. The van der Waals surface area contributed by atoms with Gasteiger partial charge in [-0.25, -0.2) is 8.42 Å². The van der Waals surface area contributed by atoms with Gasteiger partial charge in [0.1, 0.15) is 16.3 Å². The molecule has 2 heterocycles. The fourth-order valence-corrected chi connectivity index (χ4v) is 5.39. The molecule has 0 bridgehead atoms. The summed E-state index contributed by atoms with van der Waals surface area (Å²) >= 11 is 0. The van der Waals surface area contributed by atoms with Crippen LogP contribution >= 0.6 is 0 Å². The first kappa shape index (κ1) is 23.3. The zero-order chi connectivity index (χ0) is 23.8. The van der Waals surface area contributed by atoms with Crippen molar-refractivity contribution in [2.24, 2.45) is 0 Å². The number of fused-ring (bicyclic) bond motifs is 1. The summed E-state index contributed by atoms with van der Waals surface area (Å²) in [6.45, 7) is 7.64. The molecule has 0 atom stereocenters. The minimum absolute atomic E-state index is 0.00675. The van der Waals surface area contributed by atoms with Crippen molar-refractivity contribution in [3.8, 4) is 5.75 Å². The van der Waals surface area contributed by atoms with Crippen LogP contribution < -0.4 is 10.1 Å². The number of anilines is 1. The van der Waals surface area contributed by atoms with Gasteiger partial charge in [0.15, 0.2) is 0 Å². The van der Waals surface area contributed by atoms with E-state index in [0.29, 0.717) is 24.6 Å². The van der Waals surface area contributed by atoms with Gasteiger partial charge in [-0.15, -0.1) is 0 Å². The second-order valence-corrected chi connectivity index (χ2v) is 11.0. The van der Waals surface area contributed by atoms with Crippen molar-refractivity contribution in [3.05, 3.63) is 53.7 Å². The average molecular weight is 472 g/mol. The van der Waals surface area contributed by atoms with Crippen LogP contribution in [0, 0.1) is 0 Å². The van der Waals surface area contributed by atoms with Crippen LogP contribution in [0.3, 0.4) is 0 Å². The number of nitrogens with one attached hydrogen (secondary N) is 2. The molecule has 1 fully saturated rings. The highest BCUT2D eigenvalue weighted by molar-refractivity contribution is 7.89. The van der Waals surface area contributed by atoms with Crippen LogP contribution in [0.2, 0.25) is 0 Å². The number of carbonyl (C=O) groups is 1. The van der Waals surface area contributed by atoms with Crippen LogP contribution in [0.4, 0.5) is 5.69 Å². The number of hydrogen-bond acceptors (Lipinski definition) is 5. The molecule has 0 spiro atoms. The number of benzene rings is 2. The fourth-order valence-electron chi connectivity index (χ4n) is 3.80. The van der Waals surface area contributed by atoms with E-state index in [0.717, 1.165) is 16.5 Å². The zero-order valence-electron chi connectivity index (χ0n) is 19.3. The first-order chi connectivity index (χ1) is 15.6. The van der Waals surface area contributed by atoms with E-state index in [2.05, 4.69) is 37.1 Å². The van der Waals surface area contributed by atoms with Gasteiger partial charge in [0, 0.05) is 29.7 Å². The van der Waals surface area contributed by atoms with Crippen LogP contribution in [0.1, 0.15) is 36.8 Å². The summed E-state index contributed by atoms with van der Waals surface area (Å²) in [6.07, 6.45) is 0. The van der Waals surface area contributed by atoms with Crippen molar-refractivity contribution >= 4 is 32.5 Å². The van der Waals surface area contributed by atoms with E-state index in [1.807, 2.05) is 12.1 Å². The number of aromatic amines is 1. The van der Waals surface area contributed by atoms with E-state index in [1.165, 1.54) is 17.5 Å². The van der Waals surface area contributed by atoms with Gasteiger partial charge in [0.05, 0.1) is 20.3 Å². The maximum atomic E-state index is 13.2. The molecule has 1 aromatic heterocycles. The van der Waals surface area contributed by atoms with E-state index in [-0.39, 0.29) is 35.1 Å². The predicted octanol–water partition coefficient (Wildman–Crippen LogP) is 3.75. The first-order valence-electron chi connectivity index (χ1n) is 10.8. The monoisotopic (exact) mass is 471 g/mol. The summed E-state index contributed by atoms with van der Waals surface area (Å²) < 4.78 is 38.3. The standard InChI is InChI=1S/C24H29N3O5S/c1-24(2,3)17-6-5-16-13-20(26-19(16)14-17)23(28)25-18-7-8-21(31-4)22(15-18)33(29,30)27-9-11-32-12-10-27/h5-8,13-15,26H,9-12H2,1-4H3,(H,25,28). The third kappa shape index (κ3) is 4.75. The Kier molecular flexibility index (Phi) is 6.22. The lowest BCUT2D eigenvalue weighted by Crippen LogP contribution is -2.40. The first-order valence-corrected chi connectivity index (χ1v) is 12.2. The maximum absolute atomic E-state index is 13.2. The summed E-state index contributed by atoms with van der Waals surface area (Å²) in [5, 5.41) is 3.73. The Morgan fingerprint density at radius 1 is 1.09 bits per heavy atom. The van der Waals surface area contributed by atoms with Crippen molar-refractivity contribution in [2.75, 3.05) is 38.7 Å². The van der Waals surface area contributed by atoms with Crippen molar-refractivity contribution in [3.63, 3.8) is 0 Å². The number of methoxy groups -OCH3 is 1. The second kappa shape index (κ2) is 8.81. The maximum Gasteiger partial charge on any atom is 0.272 e. The molecule has 1 amide bonds. The van der Waals surface area contributed by atoms with E-state index >= 15 is 0 Å². The Balaban J connectivity index is 1.61. The lowest BCUT2D eigenvalue weighted by molar-refractivity contribution is 0.0729. The van der Waals surface area contributed by atoms with E-state index in [9.17, 15) is 13.2 Å². The van der Waals surface area contributed by atoms with Gasteiger partial charge < -0.3 is 19.8 Å². The topological polar surface area (TPSA) is 101 Å². The SMILES string of the molecule is COc1ccc(NC(=O)c2cc3ccc(C(C)(C)C)cc3[nH]2)cc1S(=O)(=O)N1CCOCC1. The zero-order valence-corrected chi connectivity index (χ0v) is 20.1. The number of rotatable bonds is 5. The molecule has 2 aromatic carbocycles. The number of nitrogens with zero attached hydrogens (tertiary/aromatic N) is 1. The van der Waals surface area contributed by atoms with Gasteiger partial charge in [-0.05, 0) is 41.3 Å². The Labute approximate surface area is 193 Å². The lowest BCUT2D eigenvalue weighted by atomic mass is 9.87. The molecule has 0 aliphatic carbocycles. The van der Waals surface area contributed by atoms with E-state index < -0.39 is 10.0 Å². The molecule has 33 heavy (non-hydrogen) atoms. The Bertz CT molecular complexity index is 1290. The van der Waals surface area contributed by atoms with Crippen molar-refractivity contribution in [1.29, 1.82) is 0 Å². The fraction of sp³-hybridized carbons (Fsp3) is 0.375. The minimum atomic E-state index is -3.80. The smallest absolute Gasteiger partial charge is 0.272 e. The number of H-pyrrole nitrogens is 1. The molecule has 9 heteroatoms. The van der Waals surface area contributed by atoms with Gasteiger partial charge in [-0.3, -0.25) is 4.79 Å². The third-order valence-electron chi connectivity index (χ3n) is 5.74. The molecule has 176 valence electrons. The predicted molar refractivity (Wildman–Crippen MR) is 128 cm³/mol. The lowest BCUT2D eigenvalue weighted by Gasteiger charge is -2.26. The number of hydrogen-bond donors (Lipinski definition) is 2. The summed E-state index contributed by atoms with van der Waals surface area (Å²) in [4.78, 5) is 16.1. The average Bonchev–Trinajstić information content (AvgIpc) is 3.23. The molecule has 0 radical (unpaired) electrons. The summed E-state index contributed by atoms with van der Waals surface area (Å²) in [7, 11) is -2.38. The van der Waals surface area contributed by atoms with Crippen LogP contribution in [0.15, 0.2) is 47.4 Å². The van der Waals surface area contributed by atoms with Crippen molar-refractivity contribution in [2.45, 2.75) is 31.1 Å². The number of morpholine rings is 1. The van der Waals surface area contributed by atoms with E-state index in [1.54, 1.807) is 18.2 Å². The quantitative estimate of drug-likeness (QED) is 0.590. The molecule has 3 aromatic rings. The molecular weight excluding hydrogens is 442 g/mol. The van der Waals surface area contributed by atoms with Gasteiger partial charge in [0.25, 0.3) is 5.91 Å². The van der Waals surface area contributed by atoms with Crippen molar-refractivity contribution in [1.82, 2.24) is 9.29 Å². The van der Waals surface area contributed by atoms with Gasteiger partial charge in [-0.1, -0.05) is 32.9 Å². The Morgan fingerprint density at radius 3 is 2.48 bits per heavy atom. The number of amides is 1. The molecule has 1 aliphatic rings. The van der Waals surface area contributed by atoms with E-state index in [4.69, 9.17) is 9.47 Å². The van der Waals surface area contributed by atoms with Gasteiger partial charge in [0.2, 0.25) is 10.0 Å². The third-order valence-corrected chi connectivity index (χ3v) is 7.66. The van der Waals surface area contributed by atoms with Crippen LogP contribution in [0.25, 0.3) is 10.9 Å². The summed E-state index contributed by atoms with van der Waals surface area (Å²) in [5.74, 6) is -0.136. The largest absolute Gasteiger partial charge is 0.495 e.